The molecule has 2 heterocycles. The lowest BCUT2D eigenvalue weighted by Crippen LogP contribution is -2.06. The van der Waals surface area contributed by atoms with Crippen molar-refractivity contribution in [3.05, 3.63) is 47.1 Å². The SMILES string of the molecule is O=C(O)c1ccc(-c2ncnc3ccsc23)cc1C1CCCC1. The van der Waals surface area contributed by atoms with Crippen molar-refractivity contribution in [1.29, 1.82) is 0 Å². The van der Waals surface area contributed by atoms with Crippen LogP contribution >= 0.6 is 11.3 Å². The van der Waals surface area contributed by atoms with Gasteiger partial charge in [-0.25, -0.2) is 14.8 Å². The van der Waals surface area contributed by atoms with E-state index < -0.39 is 5.97 Å². The zero-order valence-electron chi connectivity index (χ0n) is 12.5. The van der Waals surface area contributed by atoms with Gasteiger partial charge in [0.2, 0.25) is 0 Å². The van der Waals surface area contributed by atoms with Crippen LogP contribution in [0.15, 0.2) is 36.0 Å². The summed E-state index contributed by atoms with van der Waals surface area (Å²) in [5.74, 6) is -0.496. The van der Waals surface area contributed by atoms with Crippen LogP contribution in [-0.2, 0) is 0 Å². The molecule has 1 fully saturated rings. The van der Waals surface area contributed by atoms with E-state index in [0.717, 1.165) is 39.9 Å². The summed E-state index contributed by atoms with van der Waals surface area (Å²) in [6.07, 6.45) is 6.07. The first-order chi connectivity index (χ1) is 11.2. The van der Waals surface area contributed by atoms with E-state index in [0.29, 0.717) is 11.5 Å². The highest BCUT2D eigenvalue weighted by Gasteiger charge is 2.23. The predicted octanol–water partition coefficient (Wildman–Crippen LogP) is 4.71. The van der Waals surface area contributed by atoms with Gasteiger partial charge < -0.3 is 5.11 Å². The highest BCUT2D eigenvalue weighted by Crippen LogP contribution is 2.38. The van der Waals surface area contributed by atoms with Gasteiger partial charge in [0.05, 0.1) is 21.5 Å². The molecule has 4 rings (SSSR count). The number of rotatable bonds is 3. The number of benzene rings is 1. The number of carboxylic acid groups (broad SMARTS) is 1. The zero-order chi connectivity index (χ0) is 15.8. The third-order valence-electron chi connectivity index (χ3n) is 4.59. The van der Waals surface area contributed by atoms with E-state index in [4.69, 9.17) is 0 Å². The molecule has 3 aromatic rings. The average molecular weight is 324 g/mol. The summed E-state index contributed by atoms with van der Waals surface area (Å²) >= 11 is 1.62. The summed E-state index contributed by atoms with van der Waals surface area (Å²) < 4.78 is 1.05. The Morgan fingerprint density at radius 2 is 2.00 bits per heavy atom. The standard InChI is InChI=1S/C18H16N2O2S/c21-18(22)13-6-5-12(9-14(13)11-3-1-2-4-11)16-17-15(7-8-23-17)19-10-20-16/h5-11H,1-4H2,(H,21,22). The van der Waals surface area contributed by atoms with Crippen LogP contribution in [-0.4, -0.2) is 21.0 Å². The Bertz CT molecular complexity index is 882. The second kappa shape index (κ2) is 5.74. The van der Waals surface area contributed by atoms with Gasteiger partial charge in [0.25, 0.3) is 0 Å². The van der Waals surface area contributed by atoms with Crippen molar-refractivity contribution in [2.24, 2.45) is 0 Å². The van der Waals surface area contributed by atoms with Crippen molar-refractivity contribution >= 4 is 27.5 Å². The number of aromatic carboxylic acids is 1. The Hall–Kier alpha value is -2.27. The van der Waals surface area contributed by atoms with Crippen LogP contribution in [0.1, 0.15) is 47.5 Å². The average Bonchev–Trinajstić information content (AvgIpc) is 3.25. The fourth-order valence-corrected chi connectivity index (χ4v) is 4.33. The van der Waals surface area contributed by atoms with Gasteiger partial charge in [0.15, 0.2) is 0 Å². The van der Waals surface area contributed by atoms with Crippen molar-refractivity contribution in [2.45, 2.75) is 31.6 Å². The van der Waals surface area contributed by atoms with Gasteiger partial charge in [0, 0.05) is 5.56 Å². The van der Waals surface area contributed by atoms with E-state index in [1.54, 1.807) is 23.7 Å². The summed E-state index contributed by atoms with van der Waals surface area (Å²) in [6, 6.07) is 7.60. The molecular weight excluding hydrogens is 308 g/mol. The molecule has 1 aromatic carbocycles. The van der Waals surface area contributed by atoms with Gasteiger partial charge in [-0.05, 0) is 47.9 Å². The fourth-order valence-electron chi connectivity index (χ4n) is 3.47. The minimum absolute atomic E-state index is 0.349. The molecule has 0 unspecified atom stereocenters. The van der Waals surface area contributed by atoms with Crippen LogP contribution in [0.25, 0.3) is 21.5 Å². The van der Waals surface area contributed by atoms with E-state index in [9.17, 15) is 9.90 Å². The quantitative estimate of drug-likeness (QED) is 0.757. The number of nitrogens with zero attached hydrogens (tertiary/aromatic N) is 2. The molecule has 0 radical (unpaired) electrons. The lowest BCUT2D eigenvalue weighted by Gasteiger charge is -2.15. The highest BCUT2D eigenvalue weighted by molar-refractivity contribution is 7.17. The minimum Gasteiger partial charge on any atom is -0.478 e. The highest BCUT2D eigenvalue weighted by atomic mass is 32.1. The maximum atomic E-state index is 11.6. The summed E-state index contributed by atoms with van der Waals surface area (Å²) in [7, 11) is 0. The largest absolute Gasteiger partial charge is 0.478 e. The number of aromatic nitrogens is 2. The van der Waals surface area contributed by atoms with E-state index >= 15 is 0 Å². The maximum Gasteiger partial charge on any atom is 0.335 e. The normalized spacial score (nSPS) is 15.3. The topological polar surface area (TPSA) is 63.1 Å². The molecule has 2 aromatic heterocycles. The van der Waals surface area contributed by atoms with Crippen LogP contribution in [0.2, 0.25) is 0 Å². The summed E-state index contributed by atoms with van der Waals surface area (Å²) in [5, 5.41) is 11.5. The fraction of sp³-hybridized carbons (Fsp3) is 0.278. The first-order valence-electron chi connectivity index (χ1n) is 7.80. The molecule has 0 amide bonds. The smallest absolute Gasteiger partial charge is 0.335 e. The third kappa shape index (κ3) is 2.51. The Kier molecular flexibility index (Phi) is 3.58. The van der Waals surface area contributed by atoms with Gasteiger partial charge in [-0.3, -0.25) is 0 Å². The Balaban J connectivity index is 1.88. The predicted molar refractivity (Wildman–Crippen MR) is 91.0 cm³/mol. The van der Waals surface area contributed by atoms with Crippen molar-refractivity contribution in [3.63, 3.8) is 0 Å². The minimum atomic E-state index is -0.845. The van der Waals surface area contributed by atoms with Crippen LogP contribution in [0, 0.1) is 0 Å². The molecule has 5 heteroatoms. The number of carbonyl (C=O) groups is 1. The van der Waals surface area contributed by atoms with Gasteiger partial charge >= 0.3 is 5.97 Å². The van der Waals surface area contributed by atoms with E-state index in [1.807, 2.05) is 23.6 Å². The van der Waals surface area contributed by atoms with Crippen LogP contribution in [0.5, 0.6) is 0 Å². The van der Waals surface area contributed by atoms with Crippen molar-refractivity contribution < 1.29 is 9.90 Å². The molecule has 4 nitrogen and oxygen atoms in total. The van der Waals surface area contributed by atoms with Crippen LogP contribution in [0.4, 0.5) is 0 Å². The first-order valence-corrected chi connectivity index (χ1v) is 8.68. The van der Waals surface area contributed by atoms with E-state index in [-0.39, 0.29) is 0 Å². The molecule has 0 bridgehead atoms. The van der Waals surface area contributed by atoms with Gasteiger partial charge in [-0.1, -0.05) is 18.9 Å². The monoisotopic (exact) mass is 324 g/mol. The molecular formula is C18H16N2O2S. The number of carboxylic acids is 1. The first kappa shape index (κ1) is 14.3. The number of fused-ring (bicyclic) bond motifs is 1. The second-order valence-corrected chi connectivity index (χ2v) is 6.86. The Morgan fingerprint density at radius 1 is 1.17 bits per heavy atom. The summed E-state index contributed by atoms with van der Waals surface area (Å²) in [4.78, 5) is 20.3. The molecule has 1 aliphatic carbocycles. The van der Waals surface area contributed by atoms with Crippen LogP contribution in [0.3, 0.4) is 0 Å². The molecule has 0 saturated heterocycles. The maximum absolute atomic E-state index is 11.6. The molecule has 23 heavy (non-hydrogen) atoms. The molecule has 0 atom stereocenters. The molecule has 116 valence electrons. The van der Waals surface area contributed by atoms with Gasteiger partial charge in [-0.2, -0.15) is 0 Å². The lowest BCUT2D eigenvalue weighted by atomic mass is 9.90. The molecule has 0 aliphatic heterocycles. The van der Waals surface area contributed by atoms with E-state index in [2.05, 4.69) is 9.97 Å². The van der Waals surface area contributed by atoms with Crippen molar-refractivity contribution in [3.8, 4) is 11.3 Å². The van der Waals surface area contributed by atoms with Crippen molar-refractivity contribution in [2.75, 3.05) is 0 Å². The summed E-state index contributed by atoms with van der Waals surface area (Å²) in [6.45, 7) is 0. The number of hydrogen-bond acceptors (Lipinski definition) is 4. The van der Waals surface area contributed by atoms with Crippen molar-refractivity contribution in [1.82, 2.24) is 9.97 Å². The van der Waals surface area contributed by atoms with E-state index in [1.165, 1.54) is 12.8 Å². The third-order valence-corrected chi connectivity index (χ3v) is 5.50. The lowest BCUT2D eigenvalue weighted by molar-refractivity contribution is 0.0695. The molecule has 1 aliphatic rings. The Labute approximate surface area is 137 Å². The summed E-state index contributed by atoms with van der Waals surface area (Å²) in [5.41, 5.74) is 4.19. The van der Waals surface area contributed by atoms with Gasteiger partial charge in [0.1, 0.15) is 6.33 Å². The second-order valence-electron chi connectivity index (χ2n) is 5.95. The zero-order valence-corrected chi connectivity index (χ0v) is 13.3. The number of thiophene rings is 1. The van der Waals surface area contributed by atoms with Gasteiger partial charge in [-0.15, -0.1) is 11.3 Å². The number of hydrogen-bond donors (Lipinski definition) is 1. The Morgan fingerprint density at radius 3 is 2.78 bits per heavy atom. The molecule has 1 N–H and O–H groups in total. The molecule has 1 saturated carbocycles. The molecule has 0 spiro atoms. The van der Waals surface area contributed by atoms with Crippen LogP contribution < -0.4 is 0 Å².